The van der Waals surface area contributed by atoms with E-state index >= 15 is 0 Å². The van der Waals surface area contributed by atoms with Crippen molar-refractivity contribution in [3.63, 3.8) is 0 Å². The molecule has 0 spiro atoms. The second kappa shape index (κ2) is 5.41. The Labute approximate surface area is 116 Å². The third-order valence-corrected chi connectivity index (χ3v) is 3.02. The van der Waals surface area contributed by atoms with Crippen LogP contribution in [0.4, 0.5) is 10.2 Å². The first-order chi connectivity index (χ1) is 8.97. The van der Waals surface area contributed by atoms with Gasteiger partial charge in [0.05, 0.1) is 0 Å². The van der Waals surface area contributed by atoms with Gasteiger partial charge in [0.1, 0.15) is 0 Å². The van der Waals surface area contributed by atoms with Crippen molar-refractivity contribution in [3.8, 4) is 0 Å². The monoisotopic (exact) mass is 276 g/mol. The van der Waals surface area contributed by atoms with E-state index in [9.17, 15) is 4.39 Å². The molecule has 1 N–H and O–H groups in total. The summed E-state index contributed by atoms with van der Waals surface area (Å²) in [6.45, 7) is 7.62. The summed E-state index contributed by atoms with van der Waals surface area (Å²) in [5.41, 5.74) is 3.08. The fraction of sp³-hybridized carbons (Fsp3) is 0.133. The van der Waals surface area contributed by atoms with Gasteiger partial charge in [-0.05, 0) is 37.6 Å². The normalized spacial score (nSPS) is 10.3. The average molecular weight is 277 g/mol. The Kier molecular flexibility index (Phi) is 3.86. The van der Waals surface area contributed by atoms with Crippen LogP contribution in [0.25, 0.3) is 5.70 Å². The fourth-order valence-corrected chi connectivity index (χ4v) is 1.94. The van der Waals surface area contributed by atoms with E-state index in [1.54, 1.807) is 19.2 Å². The van der Waals surface area contributed by atoms with Crippen molar-refractivity contribution < 1.29 is 4.39 Å². The molecule has 4 heteroatoms. The molecule has 0 saturated heterocycles. The highest BCUT2D eigenvalue weighted by Crippen LogP contribution is 2.25. The number of benzene rings is 1. The van der Waals surface area contributed by atoms with Gasteiger partial charge in [-0.25, -0.2) is 9.37 Å². The summed E-state index contributed by atoms with van der Waals surface area (Å²) >= 11 is 6.11. The number of halogens is 2. The van der Waals surface area contributed by atoms with Gasteiger partial charge in [-0.15, -0.1) is 0 Å². The Hall–Kier alpha value is -1.87. The van der Waals surface area contributed by atoms with E-state index in [1.807, 2.05) is 19.1 Å². The fourth-order valence-electron chi connectivity index (χ4n) is 1.71. The van der Waals surface area contributed by atoms with Gasteiger partial charge in [-0.1, -0.05) is 29.8 Å². The summed E-state index contributed by atoms with van der Waals surface area (Å²) in [6, 6.07) is 7.01. The second-order valence-electron chi connectivity index (χ2n) is 4.43. The predicted molar refractivity (Wildman–Crippen MR) is 77.8 cm³/mol. The number of aryl methyl sites for hydroxylation is 2. The van der Waals surface area contributed by atoms with Crippen molar-refractivity contribution in [1.29, 1.82) is 0 Å². The third kappa shape index (κ3) is 3.12. The summed E-state index contributed by atoms with van der Waals surface area (Å²) in [7, 11) is 0. The van der Waals surface area contributed by atoms with E-state index in [0.29, 0.717) is 10.7 Å². The summed E-state index contributed by atoms with van der Waals surface area (Å²) < 4.78 is 13.7. The largest absolute Gasteiger partial charge is 0.338 e. The Morgan fingerprint density at radius 1 is 1.26 bits per heavy atom. The first-order valence-corrected chi connectivity index (χ1v) is 6.20. The van der Waals surface area contributed by atoms with Gasteiger partial charge in [0.15, 0.2) is 11.6 Å². The van der Waals surface area contributed by atoms with Crippen molar-refractivity contribution in [2.45, 2.75) is 13.8 Å². The molecule has 1 aromatic carbocycles. The smallest absolute Gasteiger partial charge is 0.166 e. The van der Waals surface area contributed by atoms with Crippen LogP contribution in [-0.4, -0.2) is 4.98 Å². The Balaban J connectivity index is 2.28. The minimum absolute atomic E-state index is 0.146. The van der Waals surface area contributed by atoms with E-state index in [0.717, 1.165) is 16.7 Å². The second-order valence-corrected chi connectivity index (χ2v) is 4.84. The van der Waals surface area contributed by atoms with Crippen molar-refractivity contribution in [1.82, 2.24) is 4.98 Å². The minimum atomic E-state index is -0.412. The van der Waals surface area contributed by atoms with Crippen LogP contribution >= 0.6 is 11.6 Å². The summed E-state index contributed by atoms with van der Waals surface area (Å²) in [5.74, 6) is -0.266. The number of aromatic nitrogens is 1. The molecule has 0 fully saturated rings. The number of hydrogen-bond acceptors (Lipinski definition) is 2. The van der Waals surface area contributed by atoms with Crippen molar-refractivity contribution >= 4 is 23.1 Å². The lowest BCUT2D eigenvalue weighted by molar-refractivity contribution is 0.625. The lowest BCUT2D eigenvalue weighted by atomic mass is 10.1. The van der Waals surface area contributed by atoms with E-state index in [-0.39, 0.29) is 5.82 Å². The lowest BCUT2D eigenvalue weighted by Gasteiger charge is -2.12. The molecule has 2 aromatic rings. The molecule has 2 nitrogen and oxygen atoms in total. The SMILES string of the molecule is C=C(Nc1ncc(C)cc1F)c1cc(C)ccc1Cl. The molecule has 0 radical (unpaired) electrons. The molecule has 98 valence electrons. The van der Waals surface area contributed by atoms with Gasteiger partial charge in [0.2, 0.25) is 0 Å². The topological polar surface area (TPSA) is 24.9 Å². The van der Waals surface area contributed by atoms with E-state index in [4.69, 9.17) is 11.6 Å². The highest BCUT2D eigenvalue weighted by molar-refractivity contribution is 6.32. The van der Waals surface area contributed by atoms with Gasteiger partial charge >= 0.3 is 0 Å². The lowest BCUT2D eigenvalue weighted by Crippen LogP contribution is -2.03. The maximum absolute atomic E-state index is 13.7. The van der Waals surface area contributed by atoms with Crippen LogP contribution in [-0.2, 0) is 0 Å². The molecular weight excluding hydrogens is 263 g/mol. The first kappa shape index (κ1) is 13.6. The molecule has 2 rings (SSSR count). The molecule has 0 bridgehead atoms. The Bertz CT molecular complexity index is 638. The van der Waals surface area contributed by atoms with Crippen molar-refractivity contribution in [2.24, 2.45) is 0 Å². The summed E-state index contributed by atoms with van der Waals surface area (Å²) in [6.07, 6.45) is 1.59. The van der Waals surface area contributed by atoms with Crippen molar-refractivity contribution in [3.05, 3.63) is 64.6 Å². The van der Waals surface area contributed by atoms with Gasteiger partial charge < -0.3 is 5.32 Å². The third-order valence-electron chi connectivity index (χ3n) is 2.69. The molecule has 1 heterocycles. The molecule has 1 aromatic heterocycles. The van der Waals surface area contributed by atoms with Crippen LogP contribution in [0.2, 0.25) is 5.02 Å². The number of hydrogen-bond donors (Lipinski definition) is 1. The minimum Gasteiger partial charge on any atom is -0.338 e. The molecule has 0 aliphatic heterocycles. The molecule has 0 aliphatic carbocycles. The number of pyridine rings is 1. The molecule has 0 amide bonds. The predicted octanol–water partition coefficient (Wildman–Crippen LogP) is 4.57. The van der Waals surface area contributed by atoms with Gasteiger partial charge in [0, 0.05) is 22.5 Å². The average Bonchev–Trinajstić information content (AvgIpc) is 2.35. The Morgan fingerprint density at radius 3 is 2.68 bits per heavy atom. The summed E-state index contributed by atoms with van der Waals surface area (Å²) in [5, 5.41) is 3.42. The number of rotatable bonds is 3. The zero-order valence-electron chi connectivity index (χ0n) is 10.8. The van der Waals surface area contributed by atoms with Crippen LogP contribution < -0.4 is 5.32 Å². The highest BCUT2D eigenvalue weighted by Gasteiger charge is 2.09. The highest BCUT2D eigenvalue weighted by atomic mass is 35.5. The maximum Gasteiger partial charge on any atom is 0.166 e. The van der Waals surface area contributed by atoms with Crippen LogP contribution in [0.5, 0.6) is 0 Å². The zero-order chi connectivity index (χ0) is 14.0. The van der Waals surface area contributed by atoms with E-state index in [1.165, 1.54) is 6.07 Å². The van der Waals surface area contributed by atoms with E-state index in [2.05, 4.69) is 16.9 Å². The van der Waals surface area contributed by atoms with Crippen LogP contribution in [0, 0.1) is 19.7 Å². The Morgan fingerprint density at radius 2 is 2.00 bits per heavy atom. The number of nitrogens with zero attached hydrogens (tertiary/aromatic N) is 1. The van der Waals surface area contributed by atoms with Crippen LogP contribution in [0.1, 0.15) is 16.7 Å². The molecule has 0 unspecified atom stereocenters. The van der Waals surface area contributed by atoms with Crippen LogP contribution in [0.15, 0.2) is 37.0 Å². The maximum atomic E-state index is 13.7. The standard InChI is InChI=1S/C15H14ClFN2/c1-9-4-5-13(16)12(6-9)11(3)19-15-14(17)7-10(2)8-18-15/h4-8H,3H2,1-2H3,(H,18,19). The van der Waals surface area contributed by atoms with Gasteiger partial charge in [-0.2, -0.15) is 0 Å². The molecule has 0 saturated carbocycles. The quantitative estimate of drug-likeness (QED) is 0.888. The first-order valence-electron chi connectivity index (χ1n) is 5.82. The molecule has 0 atom stereocenters. The van der Waals surface area contributed by atoms with E-state index < -0.39 is 5.82 Å². The zero-order valence-corrected chi connectivity index (χ0v) is 11.6. The van der Waals surface area contributed by atoms with Gasteiger partial charge in [0.25, 0.3) is 0 Å². The van der Waals surface area contributed by atoms with Crippen LogP contribution in [0.3, 0.4) is 0 Å². The molecule has 19 heavy (non-hydrogen) atoms. The number of nitrogens with one attached hydrogen (secondary N) is 1. The molecular formula is C15H14ClFN2. The number of anilines is 1. The molecule has 0 aliphatic rings. The summed E-state index contributed by atoms with van der Waals surface area (Å²) in [4.78, 5) is 4.01. The van der Waals surface area contributed by atoms with Crippen molar-refractivity contribution in [2.75, 3.05) is 5.32 Å². The van der Waals surface area contributed by atoms with Gasteiger partial charge in [-0.3, -0.25) is 0 Å².